The third-order valence-electron chi connectivity index (χ3n) is 6.05. The van der Waals surface area contributed by atoms with Crippen molar-refractivity contribution in [2.24, 2.45) is 0 Å². The van der Waals surface area contributed by atoms with E-state index in [-0.39, 0.29) is 0 Å². The highest BCUT2D eigenvalue weighted by Gasteiger charge is 2.12. The van der Waals surface area contributed by atoms with Crippen LogP contribution in [0.1, 0.15) is 23.6 Å². The Morgan fingerprint density at radius 2 is 1.40 bits per heavy atom. The molecule has 0 radical (unpaired) electrons. The summed E-state index contributed by atoms with van der Waals surface area (Å²) in [5.74, 6) is 0. The highest BCUT2D eigenvalue weighted by atomic mass is 14.2. The van der Waals surface area contributed by atoms with E-state index in [2.05, 4.69) is 111 Å². The van der Waals surface area contributed by atoms with E-state index in [1.165, 1.54) is 54.6 Å². The van der Waals surface area contributed by atoms with E-state index < -0.39 is 0 Å². The topological polar surface area (TPSA) is 0 Å². The summed E-state index contributed by atoms with van der Waals surface area (Å²) in [5.41, 5.74) is 6.12. The van der Waals surface area contributed by atoms with Crippen molar-refractivity contribution < 1.29 is 0 Å². The zero-order valence-corrected chi connectivity index (χ0v) is 17.4. The zero-order chi connectivity index (χ0) is 20.7. The van der Waals surface area contributed by atoms with Crippen molar-refractivity contribution in [1.82, 2.24) is 0 Å². The molecule has 5 aromatic carbocycles. The first-order valence-electron chi connectivity index (χ1n) is 10.4. The van der Waals surface area contributed by atoms with Gasteiger partial charge in [-0.15, -0.1) is 0 Å². The van der Waals surface area contributed by atoms with Crippen molar-refractivity contribution >= 4 is 43.5 Å². The lowest BCUT2D eigenvalue weighted by Gasteiger charge is -2.15. The minimum absolute atomic E-state index is 1.13. The maximum Gasteiger partial charge on any atom is -0.00207 e. The van der Waals surface area contributed by atoms with Gasteiger partial charge in [0.2, 0.25) is 0 Å². The first kappa shape index (κ1) is 18.4. The van der Waals surface area contributed by atoms with Crippen molar-refractivity contribution in [2.45, 2.75) is 13.8 Å². The highest BCUT2D eigenvalue weighted by molar-refractivity contribution is 6.25. The van der Waals surface area contributed by atoms with Crippen LogP contribution in [0, 0.1) is 6.92 Å². The fourth-order valence-electron chi connectivity index (χ4n) is 4.42. The first-order chi connectivity index (χ1) is 14.7. The molecule has 0 heterocycles. The molecule has 0 aromatic heterocycles. The smallest absolute Gasteiger partial charge is 0.00207 e. The van der Waals surface area contributed by atoms with E-state index in [1.54, 1.807) is 0 Å². The van der Waals surface area contributed by atoms with Crippen LogP contribution in [0.3, 0.4) is 0 Å². The van der Waals surface area contributed by atoms with Crippen LogP contribution in [0.25, 0.3) is 43.5 Å². The van der Waals surface area contributed by atoms with E-state index in [0.717, 1.165) is 5.57 Å². The molecular formula is C30H24. The normalized spacial score (nSPS) is 12.9. The fourth-order valence-corrected chi connectivity index (χ4v) is 4.42. The maximum absolute atomic E-state index is 4.03. The Morgan fingerprint density at radius 1 is 0.733 bits per heavy atom. The summed E-state index contributed by atoms with van der Waals surface area (Å²) in [6, 6.07) is 28.6. The number of rotatable bonds is 4. The summed E-state index contributed by atoms with van der Waals surface area (Å²) in [6.45, 7) is 8.34. The van der Waals surface area contributed by atoms with Crippen LogP contribution in [0.4, 0.5) is 0 Å². The van der Waals surface area contributed by atoms with Crippen LogP contribution in [-0.4, -0.2) is 0 Å². The Bertz CT molecular complexity index is 1440. The third kappa shape index (κ3) is 3.02. The van der Waals surface area contributed by atoms with Crippen LogP contribution in [0.5, 0.6) is 0 Å². The summed E-state index contributed by atoms with van der Waals surface area (Å²) in [5, 5.41) is 7.94. The number of allylic oxidation sites excluding steroid dienone is 5. The number of hydrogen-bond donors (Lipinski definition) is 0. The summed E-state index contributed by atoms with van der Waals surface area (Å²) in [4.78, 5) is 0. The van der Waals surface area contributed by atoms with Crippen molar-refractivity contribution in [2.75, 3.05) is 0 Å². The molecule has 0 atom stereocenters. The SMILES string of the molecule is C=C/C(=C\C=C(/C)c1cc2cccc3ccc4cccc1c4c32)c1ccc(C)cc1. The van der Waals surface area contributed by atoms with Crippen molar-refractivity contribution in [3.63, 3.8) is 0 Å². The van der Waals surface area contributed by atoms with E-state index in [9.17, 15) is 0 Å². The van der Waals surface area contributed by atoms with E-state index in [0.29, 0.717) is 0 Å². The van der Waals surface area contributed by atoms with Gasteiger partial charge in [0, 0.05) is 0 Å². The van der Waals surface area contributed by atoms with Gasteiger partial charge in [0.1, 0.15) is 0 Å². The van der Waals surface area contributed by atoms with Crippen LogP contribution in [0.15, 0.2) is 104 Å². The summed E-state index contributed by atoms with van der Waals surface area (Å²) < 4.78 is 0. The van der Waals surface area contributed by atoms with Crippen LogP contribution < -0.4 is 0 Å². The van der Waals surface area contributed by atoms with E-state index in [4.69, 9.17) is 0 Å². The second kappa shape index (κ2) is 7.31. The van der Waals surface area contributed by atoms with Gasteiger partial charge in [-0.3, -0.25) is 0 Å². The van der Waals surface area contributed by atoms with Crippen molar-refractivity contribution in [3.8, 4) is 0 Å². The Balaban J connectivity index is 1.70. The van der Waals surface area contributed by atoms with Gasteiger partial charge in [-0.25, -0.2) is 0 Å². The van der Waals surface area contributed by atoms with E-state index in [1.807, 2.05) is 6.08 Å². The van der Waals surface area contributed by atoms with Gasteiger partial charge >= 0.3 is 0 Å². The Kier molecular flexibility index (Phi) is 4.48. The molecule has 0 saturated heterocycles. The summed E-state index contributed by atoms with van der Waals surface area (Å²) in [6.07, 6.45) is 6.32. The molecule has 0 aliphatic carbocycles. The fraction of sp³-hybridized carbons (Fsp3) is 0.0667. The lowest BCUT2D eigenvalue weighted by atomic mass is 9.89. The minimum Gasteiger partial charge on any atom is -0.0984 e. The van der Waals surface area contributed by atoms with Gasteiger partial charge in [0.15, 0.2) is 0 Å². The largest absolute Gasteiger partial charge is 0.0984 e. The van der Waals surface area contributed by atoms with Gasteiger partial charge < -0.3 is 0 Å². The molecule has 5 rings (SSSR count). The van der Waals surface area contributed by atoms with Crippen molar-refractivity contribution in [3.05, 3.63) is 120 Å². The molecule has 0 amide bonds. The van der Waals surface area contributed by atoms with Gasteiger partial charge in [-0.1, -0.05) is 103 Å². The Labute approximate surface area is 177 Å². The molecule has 144 valence electrons. The Morgan fingerprint density at radius 3 is 2.13 bits per heavy atom. The number of benzene rings is 5. The number of hydrogen-bond acceptors (Lipinski definition) is 0. The molecule has 0 heteroatoms. The maximum atomic E-state index is 4.03. The molecule has 0 saturated carbocycles. The summed E-state index contributed by atoms with van der Waals surface area (Å²) in [7, 11) is 0. The molecule has 0 aliphatic rings. The second-order valence-electron chi connectivity index (χ2n) is 8.01. The lowest BCUT2D eigenvalue weighted by molar-refractivity contribution is 1.45. The standard InChI is InChI=1S/C30H24/c1-4-22(23-14-11-20(2)12-15-23)16-13-21(3)28-19-26-9-5-7-24-17-18-25-8-6-10-27(28)30(25)29(24)26/h4-19H,1H2,2-3H3/b21-13+,22-16+. The van der Waals surface area contributed by atoms with Crippen LogP contribution in [-0.2, 0) is 0 Å². The average Bonchev–Trinajstić information content (AvgIpc) is 2.78. The molecule has 0 fully saturated rings. The lowest BCUT2D eigenvalue weighted by Crippen LogP contribution is -1.89. The average molecular weight is 385 g/mol. The molecular weight excluding hydrogens is 360 g/mol. The molecule has 5 aromatic rings. The van der Waals surface area contributed by atoms with Crippen LogP contribution in [0.2, 0.25) is 0 Å². The number of aryl methyl sites for hydroxylation is 1. The molecule has 0 aliphatic heterocycles. The summed E-state index contributed by atoms with van der Waals surface area (Å²) >= 11 is 0. The minimum atomic E-state index is 1.13. The highest BCUT2D eigenvalue weighted by Crippen LogP contribution is 2.38. The molecule has 0 spiro atoms. The third-order valence-corrected chi connectivity index (χ3v) is 6.05. The molecule has 30 heavy (non-hydrogen) atoms. The van der Waals surface area contributed by atoms with Crippen molar-refractivity contribution in [1.29, 1.82) is 0 Å². The van der Waals surface area contributed by atoms with Gasteiger partial charge in [0.05, 0.1) is 0 Å². The van der Waals surface area contributed by atoms with Crippen LogP contribution >= 0.6 is 0 Å². The Hall–Kier alpha value is -3.64. The quantitative estimate of drug-likeness (QED) is 0.215. The molecule has 0 bridgehead atoms. The predicted octanol–water partition coefficient (Wildman–Crippen LogP) is 8.57. The van der Waals surface area contributed by atoms with Gasteiger partial charge in [-0.2, -0.15) is 0 Å². The first-order valence-corrected chi connectivity index (χ1v) is 10.4. The molecule has 0 N–H and O–H groups in total. The molecule has 0 unspecified atom stereocenters. The van der Waals surface area contributed by atoms with Gasteiger partial charge in [-0.05, 0) is 74.5 Å². The van der Waals surface area contributed by atoms with E-state index >= 15 is 0 Å². The zero-order valence-electron chi connectivity index (χ0n) is 17.4. The van der Waals surface area contributed by atoms with Gasteiger partial charge in [0.25, 0.3) is 0 Å². The predicted molar refractivity (Wildman–Crippen MR) is 133 cm³/mol. The second-order valence-corrected chi connectivity index (χ2v) is 8.01. The monoisotopic (exact) mass is 384 g/mol. The molecule has 0 nitrogen and oxygen atoms in total.